The molecule has 3 aromatic rings. The van der Waals surface area contributed by atoms with E-state index in [4.69, 9.17) is 12.9 Å². The molecule has 2 bridgehead atoms. The molecule has 3 saturated carbocycles. The Morgan fingerprint density at radius 3 is 2.04 bits per heavy atom. The number of para-hydroxylation sites is 2. The van der Waals surface area contributed by atoms with Gasteiger partial charge in [-0.2, -0.15) is 0 Å². The molecule has 2 aromatic carbocycles. The second-order valence-corrected chi connectivity index (χ2v) is 9.52. The van der Waals surface area contributed by atoms with Gasteiger partial charge in [-0.05, 0) is 48.1 Å². The zero-order valence-corrected chi connectivity index (χ0v) is 16.4. The first-order chi connectivity index (χ1) is 12.5. The number of hydrogen-bond acceptors (Lipinski definition) is 3. The van der Waals surface area contributed by atoms with Crippen LogP contribution in [0.25, 0.3) is 21.9 Å². The summed E-state index contributed by atoms with van der Waals surface area (Å²) in [7, 11) is -1.45. The second-order valence-electron chi connectivity index (χ2n) is 8.50. The molecule has 4 atom stereocenters. The molecule has 6 rings (SSSR count). The molecule has 3 aliphatic rings. The van der Waals surface area contributed by atoms with Gasteiger partial charge >= 0.3 is 8.24 Å². The van der Waals surface area contributed by atoms with Crippen molar-refractivity contribution < 1.29 is 12.9 Å². The molecule has 4 heteroatoms. The lowest BCUT2D eigenvalue weighted by Crippen LogP contribution is -2.57. The van der Waals surface area contributed by atoms with Crippen LogP contribution >= 0.6 is 8.24 Å². The van der Waals surface area contributed by atoms with Crippen LogP contribution in [0.15, 0.2) is 56.9 Å². The van der Waals surface area contributed by atoms with Crippen LogP contribution in [0.5, 0.6) is 0 Å². The van der Waals surface area contributed by atoms with Crippen LogP contribution in [0.1, 0.15) is 33.6 Å². The Labute approximate surface area is 155 Å². The predicted molar refractivity (Wildman–Crippen MR) is 106 cm³/mol. The SMILES string of the molecule is C[C@H]1C(Op2oc3ccccc3c3ccccc3o2)C[C@@H]2C[C@H]1C2(C)C. The minimum atomic E-state index is -1.45. The molecule has 1 unspecified atom stereocenters. The van der Waals surface area contributed by atoms with Crippen molar-refractivity contribution in [3.63, 3.8) is 0 Å². The average molecular weight is 368 g/mol. The molecule has 0 amide bonds. The summed E-state index contributed by atoms with van der Waals surface area (Å²) in [5.41, 5.74) is 2.15. The van der Waals surface area contributed by atoms with Gasteiger partial charge in [-0.3, -0.25) is 4.52 Å². The van der Waals surface area contributed by atoms with Crippen LogP contribution < -0.4 is 4.52 Å². The van der Waals surface area contributed by atoms with Crippen molar-refractivity contribution in [2.75, 3.05) is 0 Å². The van der Waals surface area contributed by atoms with Gasteiger partial charge in [0.15, 0.2) is 0 Å². The molecule has 1 heterocycles. The van der Waals surface area contributed by atoms with Crippen molar-refractivity contribution in [3.8, 4) is 0 Å². The smallest absolute Gasteiger partial charge is 0.387 e. The molecule has 0 aliphatic heterocycles. The van der Waals surface area contributed by atoms with E-state index in [1.165, 1.54) is 6.42 Å². The fraction of sp³-hybridized carbons (Fsp3) is 0.455. The van der Waals surface area contributed by atoms with Gasteiger partial charge in [0.05, 0.1) is 6.10 Å². The first kappa shape index (κ1) is 16.5. The number of rotatable bonds is 2. The van der Waals surface area contributed by atoms with Crippen molar-refractivity contribution in [1.29, 1.82) is 0 Å². The highest BCUT2D eigenvalue weighted by atomic mass is 31.1. The normalized spacial score (nSPS) is 29.5. The quantitative estimate of drug-likeness (QED) is 0.499. The van der Waals surface area contributed by atoms with Crippen molar-refractivity contribution in [2.24, 2.45) is 23.2 Å². The summed E-state index contributed by atoms with van der Waals surface area (Å²) in [6, 6.07) is 16.2. The summed E-state index contributed by atoms with van der Waals surface area (Å²) in [5, 5.41) is 2.13. The molecule has 0 spiro atoms. The minimum absolute atomic E-state index is 0.218. The highest BCUT2D eigenvalue weighted by molar-refractivity contribution is 7.31. The van der Waals surface area contributed by atoms with Crippen LogP contribution in [-0.4, -0.2) is 6.10 Å². The molecule has 26 heavy (non-hydrogen) atoms. The van der Waals surface area contributed by atoms with E-state index < -0.39 is 8.24 Å². The first-order valence-electron chi connectivity index (χ1n) is 9.55. The Morgan fingerprint density at radius 1 is 0.923 bits per heavy atom. The van der Waals surface area contributed by atoms with Crippen LogP contribution in [0.2, 0.25) is 0 Å². The van der Waals surface area contributed by atoms with E-state index in [-0.39, 0.29) is 6.10 Å². The molecular weight excluding hydrogens is 343 g/mol. The fourth-order valence-electron chi connectivity index (χ4n) is 5.11. The average Bonchev–Trinajstić information content (AvgIpc) is 2.79. The summed E-state index contributed by atoms with van der Waals surface area (Å²) >= 11 is 0. The Balaban J connectivity index is 1.57. The summed E-state index contributed by atoms with van der Waals surface area (Å²) in [4.78, 5) is 0. The molecule has 1 aromatic heterocycles. The number of hydrogen-bond donors (Lipinski definition) is 0. The standard InChI is InChI=1S/C22H25O3P/c1-14-18-12-15(22(18,2)3)13-21(14)25-26-23-19-10-6-4-8-16(19)17-9-5-7-11-20(17)24-26/h4-11,14-15,18,21H,12-13H2,1-3H3/t14-,15+,18-,21?/m1/s1. The molecule has 0 N–H and O–H groups in total. The van der Waals surface area contributed by atoms with Crippen molar-refractivity contribution in [2.45, 2.75) is 39.7 Å². The Kier molecular flexibility index (Phi) is 3.74. The van der Waals surface area contributed by atoms with Crippen LogP contribution in [0.4, 0.5) is 0 Å². The first-order valence-corrected chi connectivity index (χ1v) is 10.6. The van der Waals surface area contributed by atoms with Crippen molar-refractivity contribution in [3.05, 3.63) is 48.5 Å². The third kappa shape index (κ3) is 2.45. The van der Waals surface area contributed by atoms with E-state index in [2.05, 4.69) is 32.9 Å². The second kappa shape index (κ2) is 5.90. The van der Waals surface area contributed by atoms with E-state index in [0.717, 1.165) is 40.2 Å². The van der Waals surface area contributed by atoms with Gasteiger partial charge in [0.25, 0.3) is 0 Å². The van der Waals surface area contributed by atoms with Gasteiger partial charge in [-0.25, -0.2) is 0 Å². The molecule has 136 valence electrons. The van der Waals surface area contributed by atoms with Gasteiger partial charge in [-0.15, -0.1) is 0 Å². The maximum Gasteiger partial charge on any atom is 0.387 e. The Morgan fingerprint density at radius 2 is 1.50 bits per heavy atom. The largest absolute Gasteiger partial charge is 0.399 e. The van der Waals surface area contributed by atoms with E-state index in [1.807, 2.05) is 36.4 Å². The fourth-order valence-corrected chi connectivity index (χ4v) is 6.37. The van der Waals surface area contributed by atoms with Crippen LogP contribution in [0.3, 0.4) is 0 Å². The van der Waals surface area contributed by atoms with E-state index in [0.29, 0.717) is 11.3 Å². The molecular formula is C22H25O3P. The van der Waals surface area contributed by atoms with Crippen molar-refractivity contribution in [1.82, 2.24) is 0 Å². The van der Waals surface area contributed by atoms with Gasteiger partial charge in [0.2, 0.25) is 0 Å². The molecule has 3 fully saturated rings. The third-order valence-electron chi connectivity index (χ3n) is 6.92. The van der Waals surface area contributed by atoms with E-state index in [1.54, 1.807) is 0 Å². The Hall–Kier alpha value is -1.70. The monoisotopic (exact) mass is 368 g/mol. The zero-order valence-electron chi connectivity index (χ0n) is 15.5. The van der Waals surface area contributed by atoms with Crippen LogP contribution in [0, 0.1) is 23.2 Å². The van der Waals surface area contributed by atoms with Gasteiger partial charge < -0.3 is 8.39 Å². The summed E-state index contributed by atoms with van der Waals surface area (Å²) in [6.45, 7) is 7.16. The summed E-state index contributed by atoms with van der Waals surface area (Å²) in [5.74, 6) is 2.04. The topological polar surface area (TPSA) is 35.5 Å². The molecule has 3 nitrogen and oxygen atoms in total. The lowest BCUT2D eigenvalue weighted by atomic mass is 9.45. The zero-order chi connectivity index (χ0) is 17.9. The maximum absolute atomic E-state index is 6.45. The summed E-state index contributed by atoms with van der Waals surface area (Å²) in [6.07, 6.45) is 2.68. The number of benzene rings is 2. The molecule has 0 radical (unpaired) electrons. The van der Waals surface area contributed by atoms with Gasteiger partial charge in [-0.1, -0.05) is 57.2 Å². The lowest BCUT2D eigenvalue weighted by Gasteiger charge is -2.61. The Bertz CT molecular complexity index is 948. The predicted octanol–water partition coefficient (Wildman–Crippen LogP) is 6.79. The summed E-state index contributed by atoms with van der Waals surface area (Å²) < 4.78 is 18.9. The van der Waals surface area contributed by atoms with Crippen molar-refractivity contribution >= 4 is 30.2 Å². The highest BCUT2D eigenvalue weighted by Gasteiger charge is 2.57. The number of fused-ring (bicyclic) bond motifs is 5. The third-order valence-corrected chi connectivity index (χ3v) is 8.05. The highest BCUT2D eigenvalue weighted by Crippen LogP contribution is 2.62. The van der Waals surface area contributed by atoms with Crippen LogP contribution in [-0.2, 0) is 0 Å². The van der Waals surface area contributed by atoms with Gasteiger partial charge in [0, 0.05) is 10.8 Å². The van der Waals surface area contributed by atoms with Gasteiger partial charge in [0.1, 0.15) is 11.2 Å². The van der Waals surface area contributed by atoms with E-state index >= 15 is 0 Å². The molecule has 3 aliphatic carbocycles. The molecule has 0 saturated heterocycles. The lowest BCUT2D eigenvalue weighted by molar-refractivity contribution is -0.139. The maximum atomic E-state index is 6.45. The minimum Gasteiger partial charge on any atom is -0.399 e. The van der Waals surface area contributed by atoms with E-state index in [9.17, 15) is 0 Å².